The van der Waals surface area contributed by atoms with Gasteiger partial charge in [-0.25, -0.2) is 14.0 Å². The summed E-state index contributed by atoms with van der Waals surface area (Å²) in [6.07, 6.45) is -1.27. The number of amides is 2. The molecule has 0 radical (unpaired) electrons. The van der Waals surface area contributed by atoms with E-state index in [0.29, 0.717) is 5.69 Å². The van der Waals surface area contributed by atoms with E-state index in [-0.39, 0.29) is 31.6 Å². The number of alkyl halides is 1. The van der Waals surface area contributed by atoms with Gasteiger partial charge in [0.2, 0.25) is 0 Å². The molecule has 0 unspecified atom stereocenters. The van der Waals surface area contributed by atoms with Crippen LogP contribution in [0.4, 0.5) is 14.9 Å². The molecule has 0 spiro atoms. The number of likely N-dealkylation sites (tertiary alicyclic amines) is 1. The smallest absolute Gasteiger partial charge is 0.407 e. The van der Waals surface area contributed by atoms with Gasteiger partial charge in [0.25, 0.3) is 5.91 Å². The molecule has 2 heterocycles. The molecule has 1 aromatic carbocycles. The van der Waals surface area contributed by atoms with Crippen molar-refractivity contribution in [2.45, 2.75) is 12.1 Å². The van der Waals surface area contributed by atoms with Gasteiger partial charge in [-0.1, -0.05) is 6.07 Å². The molecule has 7 nitrogen and oxygen atoms in total. The Bertz CT molecular complexity index is 709. The van der Waals surface area contributed by atoms with Gasteiger partial charge in [0, 0.05) is 37.7 Å². The molecule has 2 aliphatic heterocycles. The highest BCUT2D eigenvalue weighted by atomic mass is 19.1. The van der Waals surface area contributed by atoms with Gasteiger partial charge in [0.05, 0.1) is 12.7 Å². The van der Waals surface area contributed by atoms with Gasteiger partial charge in [-0.15, -0.1) is 0 Å². The number of esters is 1. The van der Waals surface area contributed by atoms with Crippen molar-refractivity contribution >= 4 is 23.7 Å². The largest absolute Gasteiger partial charge is 0.465 e. The first-order chi connectivity index (χ1) is 11.4. The third-order valence-electron chi connectivity index (χ3n) is 4.69. The molecule has 24 heavy (non-hydrogen) atoms. The van der Waals surface area contributed by atoms with Gasteiger partial charge in [-0.2, -0.15) is 0 Å². The number of ether oxygens (including phenoxy) is 1. The second kappa shape index (κ2) is 5.77. The minimum atomic E-state index is -2.06. The van der Waals surface area contributed by atoms with Crippen molar-refractivity contribution in [1.82, 2.24) is 4.90 Å². The Morgan fingerprint density at radius 2 is 2.12 bits per heavy atom. The highest BCUT2D eigenvalue weighted by molar-refractivity contribution is 6.03. The Labute approximate surface area is 137 Å². The molecule has 0 aliphatic carbocycles. The number of hydrogen-bond donors (Lipinski definition) is 1. The number of carbonyl (C=O) groups excluding carboxylic acids is 2. The SMILES string of the molecule is COC(=O)c1cccc(N2C[C@@H]3CN(C(=O)O)CC[C@]3(F)C2=O)c1. The fourth-order valence-corrected chi connectivity index (χ4v) is 3.33. The topological polar surface area (TPSA) is 87.2 Å². The zero-order valence-electron chi connectivity index (χ0n) is 13.1. The minimum absolute atomic E-state index is 0.00981. The highest BCUT2D eigenvalue weighted by Gasteiger charge is 2.58. The number of anilines is 1. The normalized spacial score (nSPS) is 26.2. The summed E-state index contributed by atoms with van der Waals surface area (Å²) in [5.41, 5.74) is -1.40. The maximum atomic E-state index is 15.1. The molecule has 3 rings (SSSR count). The maximum Gasteiger partial charge on any atom is 0.407 e. The number of carbonyl (C=O) groups is 3. The third-order valence-corrected chi connectivity index (χ3v) is 4.69. The summed E-state index contributed by atoms with van der Waals surface area (Å²) in [7, 11) is 1.25. The third kappa shape index (κ3) is 2.47. The summed E-state index contributed by atoms with van der Waals surface area (Å²) >= 11 is 0. The van der Waals surface area contributed by atoms with Crippen molar-refractivity contribution in [1.29, 1.82) is 0 Å². The van der Waals surface area contributed by atoms with E-state index in [1.165, 1.54) is 18.1 Å². The van der Waals surface area contributed by atoms with Crippen molar-refractivity contribution in [3.8, 4) is 0 Å². The zero-order chi connectivity index (χ0) is 17.5. The number of hydrogen-bond acceptors (Lipinski definition) is 4. The molecule has 8 heteroatoms. The van der Waals surface area contributed by atoms with Crippen LogP contribution in [-0.2, 0) is 9.53 Å². The van der Waals surface area contributed by atoms with Gasteiger partial charge < -0.3 is 19.6 Å². The second-order valence-corrected chi connectivity index (χ2v) is 6.00. The molecule has 128 valence electrons. The number of benzene rings is 1. The van der Waals surface area contributed by atoms with E-state index in [1.807, 2.05) is 0 Å². The summed E-state index contributed by atoms with van der Waals surface area (Å²) in [4.78, 5) is 37.7. The number of carboxylic acid groups (broad SMARTS) is 1. The molecule has 2 saturated heterocycles. The molecular formula is C16H17FN2O5. The van der Waals surface area contributed by atoms with Gasteiger partial charge >= 0.3 is 12.1 Å². The summed E-state index contributed by atoms with van der Waals surface area (Å²) in [5.74, 6) is -1.95. The van der Waals surface area contributed by atoms with E-state index in [4.69, 9.17) is 5.11 Å². The van der Waals surface area contributed by atoms with Crippen LogP contribution in [-0.4, -0.2) is 60.4 Å². The minimum Gasteiger partial charge on any atom is -0.465 e. The van der Waals surface area contributed by atoms with E-state index in [2.05, 4.69) is 4.74 Å². The first-order valence-corrected chi connectivity index (χ1v) is 7.54. The van der Waals surface area contributed by atoms with Gasteiger partial charge in [0.1, 0.15) is 0 Å². The van der Waals surface area contributed by atoms with Gasteiger partial charge in [-0.3, -0.25) is 4.79 Å². The molecule has 1 N–H and O–H groups in total. The number of fused-ring (bicyclic) bond motifs is 1. The van der Waals surface area contributed by atoms with Crippen LogP contribution in [0.2, 0.25) is 0 Å². The maximum absolute atomic E-state index is 15.1. The van der Waals surface area contributed by atoms with E-state index >= 15 is 4.39 Å². The number of halogens is 1. The fraction of sp³-hybridized carbons (Fsp3) is 0.438. The van der Waals surface area contributed by atoms with Crippen LogP contribution in [0.3, 0.4) is 0 Å². The van der Waals surface area contributed by atoms with Crippen molar-refractivity contribution in [2.75, 3.05) is 31.6 Å². The number of piperidine rings is 1. The Hall–Kier alpha value is -2.64. The average molecular weight is 336 g/mol. The standard InChI is InChI=1S/C16H17FN2O5/c1-24-13(20)10-3-2-4-12(7-10)19-9-11-8-18(15(22)23)6-5-16(11,17)14(19)21/h2-4,7,11H,5-6,8-9H2,1H3,(H,22,23)/t11-,16+/m0/s1. The van der Waals surface area contributed by atoms with Crippen LogP contribution >= 0.6 is 0 Å². The Morgan fingerprint density at radius 1 is 1.38 bits per heavy atom. The monoisotopic (exact) mass is 336 g/mol. The number of methoxy groups -OCH3 is 1. The van der Waals surface area contributed by atoms with Crippen molar-refractivity contribution in [3.63, 3.8) is 0 Å². The molecule has 0 aromatic heterocycles. The number of rotatable bonds is 2. The van der Waals surface area contributed by atoms with Crippen LogP contribution in [0, 0.1) is 5.92 Å². The zero-order valence-corrected chi connectivity index (χ0v) is 13.1. The van der Waals surface area contributed by atoms with Crippen molar-refractivity contribution < 1.29 is 28.6 Å². The summed E-state index contributed by atoms with van der Waals surface area (Å²) in [5, 5.41) is 9.07. The first kappa shape index (κ1) is 16.2. The van der Waals surface area contributed by atoms with E-state index in [1.54, 1.807) is 18.2 Å². The predicted molar refractivity (Wildman–Crippen MR) is 81.7 cm³/mol. The molecule has 0 saturated carbocycles. The van der Waals surface area contributed by atoms with Crippen LogP contribution in [0.25, 0.3) is 0 Å². The second-order valence-electron chi connectivity index (χ2n) is 6.00. The van der Waals surface area contributed by atoms with Crippen molar-refractivity contribution in [2.24, 2.45) is 5.92 Å². The van der Waals surface area contributed by atoms with Crippen LogP contribution < -0.4 is 4.90 Å². The summed E-state index contributed by atoms with van der Waals surface area (Å²) in [6.45, 7) is 0.0403. The molecule has 0 bridgehead atoms. The average Bonchev–Trinajstić information content (AvgIpc) is 2.85. The Balaban J connectivity index is 1.88. The molecule has 2 aliphatic rings. The highest BCUT2D eigenvalue weighted by Crippen LogP contribution is 2.41. The van der Waals surface area contributed by atoms with Crippen LogP contribution in [0.15, 0.2) is 24.3 Å². The lowest BCUT2D eigenvalue weighted by Gasteiger charge is -2.35. The first-order valence-electron chi connectivity index (χ1n) is 7.54. The van der Waals surface area contributed by atoms with E-state index in [9.17, 15) is 14.4 Å². The molecule has 2 amide bonds. The summed E-state index contributed by atoms with van der Waals surface area (Å²) in [6, 6.07) is 6.21. The Kier molecular flexibility index (Phi) is 3.90. The molecule has 2 atom stereocenters. The van der Waals surface area contributed by atoms with Gasteiger partial charge in [-0.05, 0) is 18.2 Å². The van der Waals surface area contributed by atoms with Crippen LogP contribution in [0.1, 0.15) is 16.8 Å². The van der Waals surface area contributed by atoms with Crippen LogP contribution in [0.5, 0.6) is 0 Å². The van der Waals surface area contributed by atoms with Crippen molar-refractivity contribution in [3.05, 3.63) is 29.8 Å². The molecular weight excluding hydrogens is 319 g/mol. The quantitative estimate of drug-likeness (QED) is 0.828. The van der Waals surface area contributed by atoms with Gasteiger partial charge in [0.15, 0.2) is 5.67 Å². The molecule has 1 aromatic rings. The Morgan fingerprint density at radius 3 is 2.79 bits per heavy atom. The molecule has 2 fully saturated rings. The number of nitrogens with zero attached hydrogens (tertiary/aromatic N) is 2. The predicted octanol–water partition coefficient (Wildman–Crippen LogP) is 1.53. The lowest BCUT2D eigenvalue weighted by atomic mass is 9.85. The van der Waals surface area contributed by atoms with E-state index < -0.39 is 29.6 Å². The van der Waals surface area contributed by atoms with E-state index in [0.717, 1.165) is 4.90 Å². The lowest BCUT2D eigenvalue weighted by molar-refractivity contribution is -0.131. The summed E-state index contributed by atoms with van der Waals surface area (Å²) < 4.78 is 19.8. The lowest BCUT2D eigenvalue weighted by Crippen LogP contribution is -2.52. The fourth-order valence-electron chi connectivity index (χ4n) is 3.33.